The molecule has 1 aliphatic rings. The van der Waals surface area contributed by atoms with Crippen molar-refractivity contribution in [2.75, 3.05) is 32.2 Å². The maximum Gasteiger partial charge on any atom is 0.243 e. The minimum atomic E-state index is -3.87. The lowest BCUT2D eigenvalue weighted by atomic mass is 10.2. The predicted molar refractivity (Wildman–Crippen MR) is 95.7 cm³/mol. The van der Waals surface area contributed by atoms with E-state index < -0.39 is 38.4 Å². The average Bonchev–Trinajstić information content (AvgIpc) is 2.85. The summed E-state index contributed by atoms with van der Waals surface area (Å²) < 4.78 is 54.4. The summed E-state index contributed by atoms with van der Waals surface area (Å²) in [5.74, 6) is -0.130. The minimum Gasteiger partial charge on any atom is -0.496 e. The Kier molecular flexibility index (Phi) is 6.13. The van der Waals surface area contributed by atoms with Crippen LogP contribution < -0.4 is 10.1 Å². The number of methoxy groups -OCH3 is 1. The molecule has 1 amide bonds. The lowest BCUT2D eigenvalue weighted by Crippen LogP contribution is -2.43. The highest BCUT2D eigenvalue weighted by atomic mass is 79.9. The zero-order valence-electron chi connectivity index (χ0n) is 13.7. The molecule has 1 saturated heterocycles. The summed E-state index contributed by atoms with van der Waals surface area (Å²) in [5.41, 5.74) is 0. The molecule has 1 heterocycles. The number of nitrogens with one attached hydrogen (secondary N) is 1. The van der Waals surface area contributed by atoms with Crippen molar-refractivity contribution in [1.82, 2.24) is 9.62 Å². The normalized spacial score (nSPS) is 19.8. The lowest BCUT2D eigenvalue weighted by Gasteiger charge is -2.19. The zero-order chi connectivity index (χ0) is 18.8. The number of halogens is 1. The van der Waals surface area contributed by atoms with E-state index >= 15 is 0 Å². The van der Waals surface area contributed by atoms with Gasteiger partial charge in [-0.25, -0.2) is 16.8 Å². The Morgan fingerprint density at radius 3 is 2.64 bits per heavy atom. The number of ether oxygens (including phenoxy) is 1. The number of benzene rings is 1. The van der Waals surface area contributed by atoms with Gasteiger partial charge in [-0.15, -0.1) is 0 Å². The maximum atomic E-state index is 12.5. The van der Waals surface area contributed by atoms with Gasteiger partial charge in [0, 0.05) is 13.1 Å². The molecule has 25 heavy (non-hydrogen) atoms. The number of carbonyl (C=O) groups excluding carboxylic acids is 1. The Morgan fingerprint density at radius 1 is 1.44 bits per heavy atom. The van der Waals surface area contributed by atoms with Crippen LogP contribution in [0.15, 0.2) is 27.6 Å². The largest absolute Gasteiger partial charge is 0.496 e. The molecule has 1 N–H and O–H groups in total. The third-order valence-electron chi connectivity index (χ3n) is 3.80. The van der Waals surface area contributed by atoms with E-state index in [0.717, 1.165) is 4.31 Å². The molecule has 8 nitrogen and oxygen atoms in total. The summed E-state index contributed by atoms with van der Waals surface area (Å²) in [6, 6.07) is 3.82. The van der Waals surface area contributed by atoms with Gasteiger partial charge < -0.3 is 10.1 Å². The van der Waals surface area contributed by atoms with E-state index in [4.69, 9.17) is 4.74 Å². The van der Waals surface area contributed by atoms with Crippen LogP contribution in [0.5, 0.6) is 5.75 Å². The zero-order valence-corrected chi connectivity index (χ0v) is 16.9. The first-order valence-corrected chi connectivity index (χ1v) is 11.4. The van der Waals surface area contributed by atoms with E-state index in [1.54, 1.807) is 0 Å². The van der Waals surface area contributed by atoms with Crippen LogP contribution in [-0.4, -0.2) is 65.3 Å². The second kappa shape index (κ2) is 7.60. The molecule has 140 valence electrons. The van der Waals surface area contributed by atoms with Gasteiger partial charge in [-0.2, -0.15) is 4.31 Å². The summed E-state index contributed by atoms with van der Waals surface area (Å²) in [6.45, 7) is -0.400. The fraction of sp³-hybridized carbons (Fsp3) is 0.500. The molecule has 0 aliphatic carbocycles. The number of likely N-dealkylation sites (N-methyl/N-ethyl adjacent to an activating group) is 1. The smallest absolute Gasteiger partial charge is 0.243 e. The molecule has 1 aliphatic heterocycles. The van der Waals surface area contributed by atoms with Crippen molar-refractivity contribution in [2.45, 2.75) is 17.4 Å². The number of sulfonamides is 1. The number of carbonyl (C=O) groups is 1. The van der Waals surface area contributed by atoms with Crippen LogP contribution in [0, 0.1) is 0 Å². The van der Waals surface area contributed by atoms with Crippen molar-refractivity contribution < 1.29 is 26.4 Å². The molecule has 0 saturated carbocycles. The molecule has 0 bridgehead atoms. The number of hydrogen-bond donors (Lipinski definition) is 1. The van der Waals surface area contributed by atoms with Crippen LogP contribution in [0.4, 0.5) is 0 Å². The van der Waals surface area contributed by atoms with Gasteiger partial charge in [0.05, 0.1) is 34.5 Å². The van der Waals surface area contributed by atoms with Gasteiger partial charge in [-0.05, 0) is 40.5 Å². The molecule has 0 radical (unpaired) electrons. The highest BCUT2D eigenvalue weighted by Gasteiger charge is 2.30. The monoisotopic (exact) mass is 454 g/mol. The molecule has 0 aromatic heterocycles. The molecular weight excluding hydrogens is 436 g/mol. The third-order valence-corrected chi connectivity index (χ3v) is 7.98. The predicted octanol–water partition coefficient (Wildman–Crippen LogP) is 0.382. The molecule has 1 atom stereocenters. The molecular formula is C14H19BrN2O6S2. The first-order valence-electron chi connectivity index (χ1n) is 7.35. The summed E-state index contributed by atoms with van der Waals surface area (Å²) in [5, 5.41) is 2.57. The van der Waals surface area contributed by atoms with E-state index in [2.05, 4.69) is 21.2 Å². The molecule has 1 unspecified atom stereocenters. The van der Waals surface area contributed by atoms with Crippen LogP contribution in [0.1, 0.15) is 6.42 Å². The molecule has 1 aromatic carbocycles. The van der Waals surface area contributed by atoms with Gasteiger partial charge >= 0.3 is 0 Å². The van der Waals surface area contributed by atoms with Gasteiger partial charge in [-0.1, -0.05) is 0 Å². The molecule has 2 rings (SSSR count). The molecule has 11 heteroatoms. The quantitative estimate of drug-likeness (QED) is 0.665. The Labute approximate surface area is 155 Å². The van der Waals surface area contributed by atoms with Crippen LogP contribution in [0.3, 0.4) is 0 Å². The highest BCUT2D eigenvalue weighted by molar-refractivity contribution is 9.10. The Hall–Kier alpha value is -1.17. The van der Waals surface area contributed by atoms with E-state index in [1.807, 2.05) is 0 Å². The van der Waals surface area contributed by atoms with Crippen molar-refractivity contribution in [3.8, 4) is 5.75 Å². The Balaban J connectivity index is 2.04. The van der Waals surface area contributed by atoms with E-state index in [9.17, 15) is 21.6 Å². The second-order valence-corrected chi connectivity index (χ2v) is 10.9. The number of nitrogens with zero attached hydrogens (tertiary/aromatic N) is 1. The highest BCUT2D eigenvalue weighted by Crippen LogP contribution is 2.28. The number of sulfone groups is 1. The maximum absolute atomic E-state index is 12.5. The van der Waals surface area contributed by atoms with Gasteiger partial charge in [-0.3, -0.25) is 4.79 Å². The van der Waals surface area contributed by atoms with Crippen molar-refractivity contribution in [3.05, 3.63) is 22.7 Å². The fourth-order valence-corrected chi connectivity index (χ4v) is 5.98. The Bertz CT molecular complexity index is 869. The summed E-state index contributed by atoms with van der Waals surface area (Å²) >= 11 is 3.22. The van der Waals surface area contributed by atoms with E-state index in [1.165, 1.54) is 32.4 Å². The summed E-state index contributed by atoms with van der Waals surface area (Å²) in [4.78, 5) is 12.0. The standard InChI is InChI=1S/C14H19BrN2O6S2/c1-17(8-14(18)16-10-5-6-24(19,20)9-10)25(21,22)11-3-4-13(23-2)12(15)7-11/h3-4,7,10H,5-6,8-9H2,1-2H3,(H,16,18). The fourth-order valence-electron chi connectivity index (χ4n) is 2.46. The van der Waals surface area contributed by atoms with Crippen LogP contribution >= 0.6 is 15.9 Å². The Morgan fingerprint density at radius 2 is 2.12 bits per heavy atom. The van der Waals surface area contributed by atoms with E-state index in [0.29, 0.717) is 16.6 Å². The number of rotatable bonds is 6. The topological polar surface area (TPSA) is 110 Å². The van der Waals surface area contributed by atoms with Crippen molar-refractivity contribution in [2.24, 2.45) is 0 Å². The van der Waals surface area contributed by atoms with Crippen LogP contribution in [-0.2, 0) is 24.7 Å². The first kappa shape index (κ1) is 20.1. The van der Waals surface area contributed by atoms with Crippen molar-refractivity contribution in [3.63, 3.8) is 0 Å². The average molecular weight is 455 g/mol. The van der Waals surface area contributed by atoms with Crippen molar-refractivity contribution >= 4 is 41.7 Å². The van der Waals surface area contributed by atoms with Gasteiger partial charge in [0.25, 0.3) is 0 Å². The molecule has 1 fully saturated rings. The molecule has 1 aromatic rings. The lowest BCUT2D eigenvalue weighted by molar-refractivity contribution is -0.121. The minimum absolute atomic E-state index is 0.0129. The second-order valence-electron chi connectivity index (χ2n) is 5.72. The van der Waals surface area contributed by atoms with Gasteiger partial charge in [0.2, 0.25) is 15.9 Å². The van der Waals surface area contributed by atoms with E-state index in [-0.39, 0.29) is 16.4 Å². The molecule has 0 spiro atoms. The van der Waals surface area contributed by atoms with Gasteiger partial charge in [0.1, 0.15) is 5.75 Å². The number of hydrogen-bond acceptors (Lipinski definition) is 6. The first-order chi connectivity index (χ1) is 11.5. The van der Waals surface area contributed by atoms with Crippen LogP contribution in [0.2, 0.25) is 0 Å². The van der Waals surface area contributed by atoms with Gasteiger partial charge in [0.15, 0.2) is 9.84 Å². The SMILES string of the molecule is COc1ccc(S(=O)(=O)N(C)CC(=O)NC2CCS(=O)(=O)C2)cc1Br. The summed E-state index contributed by atoms with van der Waals surface area (Å²) in [7, 11) is -4.23. The third kappa shape index (κ3) is 4.93. The van der Waals surface area contributed by atoms with Crippen molar-refractivity contribution in [1.29, 1.82) is 0 Å². The number of amides is 1. The van der Waals surface area contributed by atoms with Crippen LogP contribution in [0.25, 0.3) is 0 Å². The summed E-state index contributed by atoms with van der Waals surface area (Å²) in [6.07, 6.45) is 0.343.